The van der Waals surface area contributed by atoms with Crippen LogP contribution >= 0.6 is 11.3 Å². The minimum absolute atomic E-state index is 0.195. The number of hydrazone groups is 1. The van der Waals surface area contributed by atoms with Gasteiger partial charge >= 0.3 is 0 Å². The Bertz CT molecular complexity index is 1610. The standard InChI is InChI=1S/C28H22N4O3S/c1-19-25(21-10-4-2-5-11-21)26-27(36-19)29-18-32(28(26)34)17-24(33)31-30-16-20-9-8-14-23(15-20)35-22-12-6-3-7-13-22/h2-16,18H,17H2,1H3,(H,31,33)/b30-16-. The van der Waals surface area contributed by atoms with Crippen molar-refractivity contribution in [2.45, 2.75) is 13.5 Å². The summed E-state index contributed by atoms with van der Waals surface area (Å²) >= 11 is 1.47. The van der Waals surface area contributed by atoms with Crippen molar-refractivity contribution in [1.29, 1.82) is 0 Å². The number of nitrogens with one attached hydrogen (secondary N) is 1. The number of benzene rings is 3. The van der Waals surface area contributed by atoms with Gasteiger partial charge in [0.25, 0.3) is 11.5 Å². The minimum atomic E-state index is -0.431. The fraction of sp³-hybridized carbons (Fsp3) is 0.0714. The number of aromatic nitrogens is 2. The summed E-state index contributed by atoms with van der Waals surface area (Å²) in [5, 5.41) is 4.56. The number of thiophene rings is 1. The topological polar surface area (TPSA) is 85.6 Å². The van der Waals surface area contributed by atoms with Crippen molar-refractivity contribution < 1.29 is 9.53 Å². The molecule has 0 saturated heterocycles. The molecule has 2 aromatic heterocycles. The molecular weight excluding hydrogens is 472 g/mol. The average Bonchev–Trinajstić information content (AvgIpc) is 3.24. The molecule has 8 heteroatoms. The van der Waals surface area contributed by atoms with Crippen LogP contribution in [-0.4, -0.2) is 21.7 Å². The summed E-state index contributed by atoms with van der Waals surface area (Å²) < 4.78 is 7.13. The molecule has 0 atom stereocenters. The van der Waals surface area contributed by atoms with Crippen LogP contribution in [0.1, 0.15) is 10.4 Å². The first-order valence-corrected chi connectivity index (χ1v) is 12.1. The van der Waals surface area contributed by atoms with Crippen molar-refractivity contribution in [2.24, 2.45) is 5.10 Å². The van der Waals surface area contributed by atoms with Gasteiger partial charge in [-0.1, -0.05) is 60.7 Å². The molecule has 0 aliphatic heterocycles. The van der Waals surface area contributed by atoms with Gasteiger partial charge in [0.1, 0.15) is 22.9 Å². The molecule has 0 saturated carbocycles. The van der Waals surface area contributed by atoms with Gasteiger partial charge in [-0.25, -0.2) is 10.4 Å². The maximum absolute atomic E-state index is 13.3. The van der Waals surface area contributed by atoms with Crippen LogP contribution in [-0.2, 0) is 11.3 Å². The molecule has 0 fully saturated rings. The van der Waals surface area contributed by atoms with E-state index < -0.39 is 5.91 Å². The van der Waals surface area contributed by atoms with Gasteiger partial charge in [-0.2, -0.15) is 5.10 Å². The Labute approximate surface area is 211 Å². The Kier molecular flexibility index (Phi) is 6.68. The van der Waals surface area contributed by atoms with Crippen LogP contribution in [0.2, 0.25) is 0 Å². The highest BCUT2D eigenvalue weighted by atomic mass is 32.1. The SMILES string of the molecule is Cc1sc2ncn(CC(=O)N/N=C\c3cccc(Oc4ccccc4)c3)c(=O)c2c1-c1ccccc1. The number of aryl methyl sites for hydroxylation is 1. The zero-order valence-electron chi connectivity index (χ0n) is 19.4. The molecule has 0 spiro atoms. The molecule has 3 aromatic carbocycles. The zero-order chi connectivity index (χ0) is 24.9. The van der Waals surface area contributed by atoms with Crippen LogP contribution in [0.5, 0.6) is 11.5 Å². The number of para-hydroxylation sites is 1. The minimum Gasteiger partial charge on any atom is -0.457 e. The molecule has 5 rings (SSSR count). The van der Waals surface area contributed by atoms with Crippen molar-refractivity contribution in [3.8, 4) is 22.6 Å². The summed E-state index contributed by atoms with van der Waals surface area (Å²) in [7, 11) is 0. The summed E-state index contributed by atoms with van der Waals surface area (Å²) in [6.07, 6.45) is 2.93. The van der Waals surface area contributed by atoms with Crippen LogP contribution in [0.3, 0.4) is 0 Å². The summed E-state index contributed by atoms with van der Waals surface area (Å²) in [6.45, 7) is 1.78. The summed E-state index contributed by atoms with van der Waals surface area (Å²) in [6, 6.07) is 26.5. The fourth-order valence-electron chi connectivity index (χ4n) is 3.85. The molecule has 1 N–H and O–H groups in total. The second-order valence-corrected chi connectivity index (χ2v) is 9.24. The highest BCUT2D eigenvalue weighted by molar-refractivity contribution is 7.19. The molecule has 0 radical (unpaired) electrons. The number of carbonyl (C=O) groups excluding carboxylic acids is 1. The lowest BCUT2D eigenvalue weighted by Gasteiger charge is -2.06. The molecular formula is C28H22N4O3S. The van der Waals surface area contributed by atoms with Crippen molar-refractivity contribution in [2.75, 3.05) is 0 Å². The van der Waals surface area contributed by atoms with Crippen molar-refractivity contribution in [1.82, 2.24) is 15.0 Å². The van der Waals surface area contributed by atoms with Gasteiger partial charge in [-0.05, 0) is 42.3 Å². The van der Waals surface area contributed by atoms with Gasteiger partial charge in [0.15, 0.2) is 0 Å². The van der Waals surface area contributed by atoms with E-state index in [9.17, 15) is 9.59 Å². The van der Waals surface area contributed by atoms with Crippen molar-refractivity contribution >= 4 is 33.7 Å². The fourth-order valence-corrected chi connectivity index (χ4v) is 4.86. The van der Waals surface area contributed by atoms with E-state index in [4.69, 9.17) is 4.74 Å². The molecule has 0 bridgehead atoms. The summed E-state index contributed by atoms with van der Waals surface area (Å²) in [4.78, 5) is 31.9. The van der Waals surface area contributed by atoms with Gasteiger partial charge in [0.05, 0.1) is 17.9 Å². The van der Waals surface area contributed by atoms with E-state index in [2.05, 4.69) is 15.5 Å². The molecule has 0 aliphatic rings. The number of amides is 1. The monoisotopic (exact) mass is 494 g/mol. The van der Waals surface area contributed by atoms with Crippen molar-refractivity contribution in [3.05, 3.63) is 112 Å². The Balaban J connectivity index is 1.29. The van der Waals surface area contributed by atoms with Crippen LogP contribution < -0.4 is 15.7 Å². The zero-order valence-corrected chi connectivity index (χ0v) is 20.2. The third-order valence-corrected chi connectivity index (χ3v) is 6.48. The van der Waals surface area contributed by atoms with E-state index in [0.29, 0.717) is 16.0 Å². The van der Waals surface area contributed by atoms with E-state index in [0.717, 1.165) is 27.3 Å². The van der Waals surface area contributed by atoms with Gasteiger partial charge in [0, 0.05) is 10.4 Å². The number of nitrogens with zero attached hydrogens (tertiary/aromatic N) is 3. The third kappa shape index (κ3) is 5.08. The summed E-state index contributed by atoms with van der Waals surface area (Å²) in [5.41, 5.74) is 4.79. The summed E-state index contributed by atoms with van der Waals surface area (Å²) in [5.74, 6) is 0.953. The van der Waals surface area contributed by atoms with Gasteiger partial charge in [0.2, 0.25) is 0 Å². The van der Waals surface area contributed by atoms with E-state index in [1.54, 1.807) is 0 Å². The van der Waals surface area contributed by atoms with E-state index in [-0.39, 0.29) is 12.1 Å². The van der Waals surface area contributed by atoms with Gasteiger partial charge in [-0.15, -0.1) is 11.3 Å². The van der Waals surface area contributed by atoms with E-state index >= 15 is 0 Å². The molecule has 36 heavy (non-hydrogen) atoms. The maximum atomic E-state index is 13.3. The first kappa shape index (κ1) is 23.2. The van der Waals surface area contributed by atoms with Crippen LogP contribution in [0.4, 0.5) is 0 Å². The number of fused-ring (bicyclic) bond motifs is 1. The molecule has 0 aliphatic carbocycles. The molecule has 2 heterocycles. The van der Waals surface area contributed by atoms with Crippen LogP contribution in [0, 0.1) is 6.92 Å². The molecule has 178 valence electrons. The highest BCUT2D eigenvalue weighted by Gasteiger charge is 2.17. The maximum Gasteiger partial charge on any atom is 0.263 e. The Morgan fingerprint density at radius 3 is 2.53 bits per heavy atom. The Morgan fingerprint density at radius 2 is 1.75 bits per heavy atom. The first-order valence-electron chi connectivity index (χ1n) is 11.3. The number of hydrogen-bond acceptors (Lipinski definition) is 6. The predicted molar refractivity (Wildman–Crippen MR) is 143 cm³/mol. The largest absolute Gasteiger partial charge is 0.457 e. The lowest BCUT2D eigenvalue weighted by Crippen LogP contribution is -2.30. The van der Waals surface area contributed by atoms with E-state index in [1.807, 2.05) is 91.9 Å². The quantitative estimate of drug-likeness (QED) is 0.243. The molecule has 0 unspecified atom stereocenters. The Morgan fingerprint density at radius 1 is 1.03 bits per heavy atom. The third-order valence-electron chi connectivity index (χ3n) is 5.47. The average molecular weight is 495 g/mol. The normalized spacial score (nSPS) is 11.1. The number of ether oxygens (including phenoxy) is 1. The van der Waals surface area contributed by atoms with Gasteiger partial charge < -0.3 is 4.74 Å². The van der Waals surface area contributed by atoms with Crippen LogP contribution in [0.25, 0.3) is 21.3 Å². The second kappa shape index (κ2) is 10.4. The number of hydrogen-bond donors (Lipinski definition) is 1. The lowest BCUT2D eigenvalue weighted by molar-refractivity contribution is -0.121. The lowest BCUT2D eigenvalue weighted by atomic mass is 10.0. The second-order valence-electron chi connectivity index (χ2n) is 8.04. The van der Waals surface area contributed by atoms with Gasteiger partial charge in [-0.3, -0.25) is 14.2 Å². The number of rotatable bonds is 7. The molecule has 1 amide bonds. The molecule has 7 nitrogen and oxygen atoms in total. The van der Waals surface area contributed by atoms with Crippen molar-refractivity contribution in [3.63, 3.8) is 0 Å². The van der Waals surface area contributed by atoms with E-state index in [1.165, 1.54) is 28.4 Å². The first-order chi connectivity index (χ1) is 17.6. The predicted octanol–water partition coefficient (Wildman–Crippen LogP) is 5.38. The number of carbonyl (C=O) groups is 1. The highest BCUT2D eigenvalue weighted by Crippen LogP contribution is 2.35. The molecule has 5 aromatic rings. The smallest absolute Gasteiger partial charge is 0.263 e. The van der Waals surface area contributed by atoms with Crippen LogP contribution in [0.15, 0.2) is 101 Å². The Hall–Kier alpha value is -4.56.